The molecule has 1 aromatic carbocycles. The van der Waals surface area contributed by atoms with E-state index in [0.717, 1.165) is 30.8 Å². The topological polar surface area (TPSA) is 79.0 Å². The predicted octanol–water partition coefficient (Wildman–Crippen LogP) is 1.39. The summed E-state index contributed by atoms with van der Waals surface area (Å²) in [5, 5.41) is 12.9. The minimum Gasteiger partial charge on any atom is -0.367 e. The van der Waals surface area contributed by atoms with E-state index in [9.17, 15) is 4.79 Å². The Kier molecular flexibility index (Phi) is 4.28. The predicted molar refractivity (Wildman–Crippen MR) is 79.9 cm³/mol. The molecule has 6 nitrogen and oxygen atoms in total. The van der Waals surface area contributed by atoms with Crippen LogP contribution in [0.4, 0.5) is 5.69 Å². The Morgan fingerprint density at radius 2 is 2.24 bits per heavy atom. The van der Waals surface area contributed by atoms with Crippen LogP contribution >= 0.6 is 0 Å². The average molecular weight is 286 g/mol. The summed E-state index contributed by atoms with van der Waals surface area (Å²) in [4.78, 5) is 12.0. The number of nitrogens with one attached hydrogen (secondary N) is 3. The number of hydrogen-bond donors (Lipinski definition) is 3. The number of H-pyrrole nitrogens is 1. The number of ether oxygens (including phenoxy) is 1. The largest absolute Gasteiger partial charge is 0.367 e. The fraction of sp³-hybridized carbons (Fsp3) is 0.333. The molecule has 1 saturated heterocycles. The molecule has 0 radical (unpaired) electrons. The number of rotatable bonds is 5. The molecular formula is C15H18N4O2. The summed E-state index contributed by atoms with van der Waals surface area (Å²) in [6.45, 7) is 1.83. The van der Waals surface area contributed by atoms with Gasteiger partial charge in [0.25, 0.3) is 0 Å². The number of carbonyl (C=O) groups is 1. The summed E-state index contributed by atoms with van der Waals surface area (Å²) in [5.41, 5.74) is 2.44. The highest BCUT2D eigenvalue weighted by Crippen LogP contribution is 2.24. The standard InChI is InChI=1S/C15H18N4O2/c20-14(10-21-12-6-7-16-8-12)18-13-9-17-19-15(13)11-4-2-1-3-5-11/h1-5,9,12,16H,6-8,10H2,(H,17,19)(H,18,20)/t12-/m1/s1. The lowest BCUT2D eigenvalue weighted by Crippen LogP contribution is -2.24. The highest BCUT2D eigenvalue weighted by atomic mass is 16.5. The fourth-order valence-electron chi connectivity index (χ4n) is 2.36. The number of hydrogen-bond acceptors (Lipinski definition) is 4. The van der Waals surface area contributed by atoms with Crippen LogP contribution in [0.15, 0.2) is 36.5 Å². The molecule has 1 aliphatic heterocycles. The van der Waals surface area contributed by atoms with Crippen molar-refractivity contribution in [1.82, 2.24) is 15.5 Å². The van der Waals surface area contributed by atoms with Crippen LogP contribution in [-0.2, 0) is 9.53 Å². The van der Waals surface area contributed by atoms with Gasteiger partial charge in [-0.15, -0.1) is 0 Å². The van der Waals surface area contributed by atoms with Gasteiger partial charge >= 0.3 is 0 Å². The van der Waals surface area contributed by atoms with Crippen LogP contribution in [0.3, 0.4) is 0 Å². The zero-order valence-electron chi connectivity index (χ0n) is 11.6. The summed E-state index contributed by atoms with van der Waals surface area (Å²) in [6.07, 6.45) is 2.69. The zero-order chi connectivity index (χ0) is 14.5. The smallest absolute Gasteiger partial charge is 0.250 e. The summed E-state index contributed by atoms with van der Waals surface area (Å²) >= 11 is 0. The van der Waals surface area contributed by atoms with Crippen LogP contribution in [0.25, 0.3) is 11.3 Å². The summed E-state index contributed by atoms with van der Waals surface area (Å²) in [5.74, 6) is -0.166. The molecule has 3 rings (SSSR count). The Morgan fingerprint density at radius 3 is 3.00 bits per heavy atom. The normalized spacial score (nSPS) is 17.8. The van der Waals surface area contributed by atoms with Crippen LogP contribution in [0, 0.1) is 0 Å². The van der Waals surface area contributed by atoms with Crippen molar-refractivity contribution in [3.63, 3.8) is 0 Å². The highest BCUT2D eigenvalue weighted by Gasteiger charge is 2.17. The molecule has 1 amide bonds. The Labute approximate surface area is 122 Å². The van der Waals surface area contributed by atoms with E-state index in [1.54, 1.807) is 6.20 Å². The highest BCUT2D eigenvalue weighted by molar-refractivity contribution is 5.95. The molecule has 1 aliphatic rings. The van der Waals surface area contributed by atoms with E-state index in [1.807, 2.05) is 30.3 Å². The van der Waals surface area contributed by atoms with Crippen molar-refractivity contribution in [3.8, 4) is 11.3 Å². The Hall–Kier alpha value is -2.18. The summed E-state index contributed by atoms with van der Waals surface area (Å²) < 4.78 is 5.55. The number of anilines is 1. The van der Waals surface area contributed by atoms with E-state index >= 15 is 0 Å². The molecule has 2 heterocycles. The first-order chi connectivity index (χ1) is 10.3. The van der Waals surface area contributed by atoms with Gasteiger partial charge in [-0.25, -0.2) is 0 Å². The van der Waals surface area contributed by atoms with Gasteiger partial charge in [-0.1, -0.05) is 30.3 Å². The number of aromatic nitrogens is 2. The van der Waals surface area contributed by atoms with Crippen molar-refractivity contribution >= 4 is 11.6 Å². The molecular weight excluding hydrogens is 268 g/mol. The number of benzene rings is 1. The van der Waals surface area contributed by atoms with Crippen molar-refractivity contribution < 1.29 is 9.53 Å². The lowest BCUT2D eigenvalue weighted by Gasteiger charge is -2.10. The summed E-state index contributed by atoms with van der Waals surface area (Å²) in [7, 11) is 0. The van der Waals surface area contributed by atoms with E-state index in [4.69, 9.17) is 4.74 Å². The van der Waals surface area contributed by atoms with Gasteiger partial charge in [0.05, 0.1) is 23.7 Å². The SMILES string of the molecule is O=C(CO[C@@H]1CCNC1)Nc1cn[nH]c1-c1ccccc1. The maximum absolute atomic E-state index is 12.0. The third kappa shape index (κ3) is 3.48. The van der Waals surface area contributed by atoms with Crippen molar-refractivity contribution in [2.45, 2.75) is 12.5 Å². The van der Waals surface area contributed by atoms with Crippen molar-refractivity contribution in [1.29, 1.82) is 0 Å². The van der Waals surface area contributed by atoms with Gasteiger partial charge < -0.3 is 15.4 Å². The fourth-order valence-corrected chi connectivity index (χ4v) is 2.36. The van der Waals surface area contributed by atoms with Crippen molar-refractivity contribution in [2.75, 3.05) is 25.0 Å². The average Bonchev–Trinajstić information content (AvgIpc) is 3.17. The monoisotopic (exact) mass is 286 g/mol. The molecule has 0 bridgehead atoms. The van der Waals surface area contributed by atoms with Crippen LogP contribution in [0.1, 0.15) is 6.42 Å². The van der Waals surface area contributed by atoms with Gasteiger partial charge in [0.15, 0.2) is 0 Å². The lowest BCUT2D eigenvalue weighted by atomic mass is 10.1. The second-order valence-corrected chi connectivity index (χ2v) is 5.00. The number of carbonyl (C=O) groups excluding carboxylic acids is 1. The minimum absolute atomic E-state index is 0.0613. The first-order valence-corrected chi connectivity index (χ1v) is 7.04. The van der Waals surface area contributed by atoms with E-state index < -0.39 is 0 Å². The third-order valence-corrected chi connectivity index (χ3v) is 3.44. The molecule has 21 heavy (non-hydrogen) atoms. The molecule has 0 saturated carbocycles. The molecule has 0 unspecified atom stereocenters. The van der Waals surface area contributed by atoms with Crippen molar-refractivity contribution in [3.05, 3.63) is 36.5 Å². The molecule has 110 valence electrons. The van der Waals surface area contributed by atoms with E-state index in [2.05, 4.69) is 20.8 Å². The molecule has 0 aliphatic carbocycles. The van der Waals surface area contributed by atoms with E-state index in [0.29, 0.717) is 5.69 Å². The van der Waals surface area contributed by atoms with Gasteiger partial charge in [0.2, 0.25) is 5.91 Å². The van der Waals surface area contributed by atoms with E-state index in [1.165, 1.54) is 0 Å². The number of amides is 1. The maximum atomic E-state index is 12.0. The molecule has 1 aromatic heterocycles. The number of nitrogens with zero attached hydrogens (tertiary/aromatic N) is 1. The molecule has 0 spiro atoms. The van der Waals surface area contributed by atoms with Gasteiger partial charge in [-0.05, 0) is 13.0 Å². The molecule has 2 aromatic rings. The minimum atomic E-state index is -0.166. The van der Waals surface area contributed by atoms with Crippen LogP contribution in [0.5, 0.6) is 0 Å². The quantitative estimate of drug-likeness (QED) is 0.776. The van der Waals surface area contributed by atoms with Crippen molar-refractivity contribution in [2.24, 2.45) is 0 Å². The second-order valence-electron chi connectivity index (χ2n) is 5.00. The lowest BCUT2D eigenvalue weighted by molar-refractivity contribution is -0.122. The van der Waals surface area contributed by atoms with Gasteiger partial charge in [0, 0.05) is 12.1 Å². The number of aromatic amines is 1. The van der Waals surface area contributed by atoms with E-state index in [-0.39, 0.29) is 18.6 Å². The second kappa shape index (κ2) is 6.51. The molecule has 3 N–H and O–H groups in total. The van der Waals surface area contributed by atoms with Crippen LogP contribution in [0.2, 0.25) is 0 Å². The maximum Gasteiger partial charge on any atom is 0.250 e. The Balaban J connectivity index is 1.60. The first-order valence-electron chi connectivity index (χ1n) is 7.04. The summed E-state index contributed by atoms with van der Waals surface area (Å²) in [6, 6.07) is 9.76. The van der Waals surface area contributed by atoms with Gasteiger partial charge in [-0.3, -0.25) is 9.89 Å². The molecule has 1 fully saturated rings. The van der Waals surface area contributed by atoms with Crippen LogP contribution < -0.4 is 10.6 Å². The van der Waals surface area contributed by atoms with Crippen LogP contribution in [-0.4, -0.2) is 41.9 Å². The molecule has 1 atom stereocenters. The molecule has 6 heteroatoms. The first kappa shape index (κ1) is 13.8. The Morgan fingerprint density at radius 1 is 1.38 bits per heavy atom. The van der Waals surface area contributed by atoms with Gasteiger partial charge in [0.1, 0.15) is 6.61 Å². The Bertz CT molecular complexity index is 591. The third-order valence-electron chi connectivity index (χ3n) is 3.44. The zero-order valence-corrected chi connectivity index (χ0v) is 11.6. The van der Waals surface area contributed by atoms with Gasteiger partial charge in [-0.2, -0.15) is 5.10 Å².